The zero-order chi connectivity index (χ0) is 15.1. The van der Waals surface area contributed by atoms with Crippen LogP contribution in [0, 0.1) is 6.92 Å². The lowest BCUT2D eigenvalue weighted by Crippen LogP contribution is -2.58. The van der Waals surface area contributed by atoms with Gasteiger partial charge in [-0.05, 0) is 31.5 Å². The first-order valence-electron chi connectivity index (χ1n) is 5.85. The molecule has 108 valence electrons. The maximum Gasteiger partial charge on any atom is 0.245 e. The minimum atomic E-state index is -4.00. The zero-order valence-electron chi connectivity index (χ0n) is 10.9. The van der Waals surface area contributed by atoms with Crippen molar-refractivity contribution in [3.05, 3.63) is 28.8 Å². The first-order valence-corrected chi connectivity index (χ1v) is 7.67. The average Bonchev–Trinajstić information content (AvgIpc) is 2.33. The monoisotopic (exact) mass is 316 g/mol. The van der Waals surface area contributed by atoms with Gasteiger partial charge in [-0.1, -0.05) is 17.7 Å². The molecule has 0 aromatic heterocycles. The zero-order valence-corrected chi connectivity index (χ0v) is 12.5. The van der Waals surface area contributed by atoms with Gasteiger partial charge >= 0.3 is 0 Å². The van der Waals surface area contributed by atoms with Crippen LogP contribution in [0.4, 0.5) is 0 Å². The number of benzene rings is 1. The van der Waals surface area contributed by atoms with Crippen LogP contribution in [0.1, 0.15) is 12.5 Å². The minimum Gasteiger partial charge on any atom is -0.294 e. The van der Waals surface area contributed by atoms with Gasteiger partial charge < -0.3 is 0 Å². The molecule has 1 heterocycles. The second-order valence-electron chi connectivity index (χ2n) is 4.57. The van der Waals surface area contributed by atoms with Crippen molar-refractivity contribution in [1.82, 2.24) is 9.62 Å². The summed E-state index contributed by atoms with van der Waals surface area (Å²) in [6, 6.07) is 3.53. The molecule has 0 saturated carbocycles. The van der Waals surface area contributed by atoms with Crippen LogP contribution in [0.25, 0.3) is 0 Å². The fourth-order valence-electron chi connectivity index (χ4n) is 1.93. The number of piperazine rings is 1. The highest BCUT2D eigenvalue weighted by Gasteiger charge is 2.39. The summed E-state index contributed by atoms with van der Waals surface area (Å²) in [5, 5.41) is 2.15. The molecule has 1 aliphatic rings. The quantitative estimate of drug-likeness (QED) is 0.813. The third-order valence-electron chi connectivity index (χ3n) is 3.05. The minimum absolute atomic E-state index is 0.0654. The van der Waals surface area contributed by atoms with E-state index in [2.05, 4.69) is 5.32 Å². The van der Waals surface area contributed by atoms with E-state index in [1.54, 1.807) is 13.0 Å². The van der Waals surface area contributed by atoms with Gasteiger partial charge in [0.25, 0.3) is 0 Å². The van der Waals surface area contributed by atoms with E-state index >= 15 is 0 Å². The molecule has 0 aliphatic carbocycles. The molecule has 0 bridgehead atoms. The number of aryl methyl sites for hydroxylation is 1. The topological polar surface area (TPSA) is 83.6 Å². The summed E-state index contributed by atoms with van der Waals surface area (Å²) in [5.41, 5.74) is 0.814. The first kappa shape index (κ1) is 15.0. The Morgan fingerprint density at radius 2 is 2.00 bits per heavy atom. The SMILES string of the molecule is Cc1ccc(S(=O)(=O)N2CC(=O)NC(=O)C2C)c(Cl)c1. The van der Waals surface area contributed by atoms with Crippen LogP contribution in [0.3, 0.4) is 0 Å². The van der Waals surface area contributed by atoms with Crippen molar-refractivity contribution in [2.45, 2.75) is 24.8 Å². The molecule has 0 radical (unpaired) electrons. The van der Waals surface area contributed by atoms with Gasteiger partial charge in [-0.3, -0.25) is 14.9 Å². The van der Waals surface area contributed by atoms with Crippen LogP contribution in [0.2, 0.25) is 5.02 Å². The number of nitrogens with one attached hydrogen (secondary N) is 1. The number of hydrogen-bond acceptors (Lipinski definition) is 4. The van der Waals surface area contributed by atoms with E-state index in [1.807, 2.05) is 0 Å². The summed E-state index contributed by atoms with van der Waals surface area (Å²) in [5.74, 6) is -1.30. The van der Waals surface area contributed by atoms with Crippen LogP contribution in [0.15, 0.2) is 23.1 Å². The van der Waals surface area contributed by atoms with E-state index in [1.165, 1.54) is 19.1 Å². The summed E-state index contributed by atoms with van der Waals surface area (Å²) >= 11 is 5.96. The second-order valence-corrected chi connectivity index (χ2v) is 6.84. The number of imide groups is 1. The van der Waals surface area contributed by atoms with E-state index in [9.17, 15) is 18.0 Å². The Morgan fingerprint density at radius 1 is 1.35 bits per heavy atom. The first-order chi connectivity index (χ1) is 9.23. The molecular weight excluding hydrogens is 304 g/mol. The molecule has 8 heteroatoms. The third kappa shape index (κ3) is 2.56. The molecular formula is C12H13ClN2O4S. The van der Waals surface area contributed by atoms with Gasteiger partial charge in [0.1, 0.15) is 10.9 Å². The van der Waals surface area contributed by atoms with Crippen molar-refractivity contribution in [2.75, 3.05) is 6.54 Å². The molecule has 1 aliphatic heterocycles. The molecule has 20 heavy (non-hydrogen) atoms. The number of halogens is 1. The van der Waals surface area contributed by atoms with Crippen LogP contribution < -0.4 is 5.32 Å². The number of carbonyl (C=O) groups excluding carboxylic acids is 2. The molecule has 2 rings (SSSR count). The predicted octanol–water partition coefficient (Wildman–Crippen LogP) is 0.684. The standard InChI is InChI=1S/C12H13ClN2O4S/c1-7-3-4-10(9(13)5-7)20(18,19)15-6-11(16)14-12(17)8(15)2/h3-5,8H,6H2,1-2H3,(H,14,16,17). The maximum atomic E-state index is 12.5. The third-order valence-corrected chi connectivity index (χ3v) is 5.45. The summed E-state index contributed by atoms with van der Waals surface area (Å²) < 4.78 is 25.9. The van der Waals surface area contributed by atoms with Crippen molar-refractivity contribution in [2.24, 2.45) is 0 Å². The van der Waals surface area contributed by atoms with Crippen molar-refractivity contribution in [3.63, 3.8) is 0 Å². The predicted molar refractivity (Wildman–Crippen MR) is 72.7 cm³/mol. The molecule has 1 unspecified atom stereocenters. The lowest BCUT2D eigenvalue weighted by atomic mass is 10.2. The maximum absolute atomic E-state index is 12.5. The van der Waals surface area contributed by atoms with Crippen LogP contribution in [-0.4, -0.2) is 37.1 Å². The summed E-state index contributed by atoms with van der Waals surface area (Å²) in [7, 11) is -4.00. The van der Waals surface area contributed by atoms with Crippen molar-refractivity contribution < 1.29 is 18.0 Å². The van der Waals surface area contributed by atoms with Gasteiger partial charge in [0.15, 0.2) is 0 Å². The summed E-state index contributed by atoms with van der Waals surface area (Å²) in [6.45, 7) is 2.80. The van der Waals surface area contributed by atoms with Crippen LogP contribution in [-0.2, 0) is 19.6 Å². The van der Waals surface area contributed by atoms with Gasteiger partial charge in [0, 0.05) is 0 Å². The largest absolute Gasteiger partial charge is 0.294 e. The highest BCUT2D eigenvalue weighted by Crippen LogP contribution is 2.27. The highest BCUT2D eigenvalue weighted by atomic mass is 35.5. The van der Waals surface area contributed by atoms with Crippen molar-refractivity contribution in [1.29, 1.82) is 0 Å². The van der Waals surface area contributed by atoms with Gasteiger partial charge in [0.2, 0.25) is 21.8 Å². The molecule has 2 amide bonds. The number of hydrogen-bond donors (Lipinski definition) is 1. The van der Waals surface area contributed by atoms with Gasteiger partial charge in [-0.25, -0.2) is 8.42 Å². The van der Waals surface area contributed by atoms with Crippen LogP contribution >= 0.6 is 11.6 Å². The van der Waals surface area contributed by atoms with E-state index < -0.39 is 34.4 Å². The Morgan fingerprint density at radius 3 is 2.60 bits per heavy atom. The van der Waals surface area contributed by atoms with Gasteiger partial charge in [0.05, 0.1) is 11.6 Å². The number of nitrogens with zero attached hydrogens (tertiary/aromatic N) is 1. The number of carbonyl (C=O) groups is 2. The average molecular weight is 317 g/mol. The highest BCUT2D eigenvalue weighted by molar-refractivity contribution is 7.89. The molecule has 1 N–H and O–H groups in total. The fourth-order valence-corrected chi connectivity index (χ4v) is 4.05. The van der Waals surface area contributed by atoms with Crippen molar-refractivity contribution >= 4 is 33.4 Å². The van der Waals surface area contributed by atoms with Crippen molar-refractivity contribution in [3.8, 4) is 0 Å². The lowest BCUT2D eigenvalue weighted by Gasteiger charge is -2.30. The Bertz CT molecular complexity index is 687. The normalized spacial score (nSPS) is 20.9. The lowest BCUT2D eigenvalue weighted by molar-refractivity contribution is -0.136. The Balaban J connectivity index is 2.48. The number of amides is 2. The Kier molecular flexibility index (Phi) is 3.86. The van der Waals surface area contributed by atoms with Gasteiger partial charge in [-0.15, -0.1) is 0 Å². The number of sulfonamides is 1. The fraction of sp³-hybridized carbons (Fsp3) is 0.333. The second kappa shape index (κ2) is 5.16. The summed E-state index contributed by atoms with van der Waals surface area (Å²) in [4.78, 5) is 22.8. The Hall–Kier alpha value is -1.44. The van der Waals surface area contributed by atoms with Gasteiger partial charge in [-0.2, -0.15) is 4.31 Å². The Labute approximate surface area is 121 Å². The molecule has 1 atom stereocenters. The molecule has 0 spiro atoms. The molecule has 1 aromatic rings. The van der Waals surface area contributed by atoms with Crippen LogP contribution in [0.5, 0.6) is 0 Å². The van der Waals surface area contributed by atoms with E-state index in [4.69, 9.17) is 11.6 Å². The van der Waals surface area contributed by atoms with E-state index in [-0.39, 0.29) is 9.92 Å². The molecule has 6 nitrogen and oxygen atoms in total. The summed E-state index contributed by atoms with van der Waals surface area (Å²) in [6.07, 6.45) is 0. The van der Waals surface area contributed by atoms with E-state index in [0.717, 1.165) is 9.87 Å². The van der Waals surface area contributed by atoms with E-state index in [0.29, 0.717) is 0 Å². The molecule has 1 fully saturated rings. The smallest absolute Gasteiger partial charge is 0.245 e. The molecule has 1 saturated heterocycles. The molecule has 1 aromatic carbocycles. The number of rotatable bonds is 2.